The van der Waals surface area contributed by atoms with Gasteiger partial charge >= 0.3 is 0 Å². The highest BCUT2D eigenvalue weighted by molar-refractivity contribution is 9.10. The van der Waals surface area contributed by atoms with E-state index in [9.17, 15) is 4.79 Å². The van der Waals surface area contributed by atoms with Crippen LogP contribution in [0.3, 0.4) is 0 Å². The predicted octanol–water partition coefficient (Wildman–Crippen LogP) is 6.63. The number of carbonyl (C=O) groups is 1. The highest BCUT2D eigenvalue weighted by atomic mass is 79.9. The van der Waals surface area contributed by atoms with E-state index < -0.39 is 0 Å². The Hall–Kier alpha value is -2.48. The molecule has 5 nitrogen and oxygen atoms in total. The third-order valence-corrected chi connectivity index (χ3v) is 6.37. The van der Waals surface area contributed by atoms with Gasteiger partial charge in [0.1, 0.15) is 6.61 Å². The quantitative estimate of drug-likeness (QED) is 0.176. The summed E-state index contributed by atoms with van der Waals surface area (Å²) in [7, 11) is 0. The van der Waals surface area contributed by atoms with Crippen LogP contribution in [0.2, 0.25) is 5.02 Å². The van der Waals surface area contributed by atoms with Crippen molar-refractivity contribution in [3.05, 3.63) is 86.8 Å². The van der Waals surface area contributed by atoms with Crippen molar-refractivity contribution >= 4 is 51.4 Å². The highest BCUT2D eigenvalue weighted by Crippen LogP contribution is 2.34. The number of hydrogen-bond donors (Lipinski definition) is 1. The maximum Gasteiger partial charge on any atom is 0.250 e. The molecule has 0 aromatic heterocycles. The van der Waals surface area contributed by atoms with Crippen molar-refractivity contribution in [2.24, 2.45) is 5.10 Å². The highest BCUT2D eigenvalue weighted by Gasteiger charge is 2.11. The first-order valence-corrected chi connectivity index (χ1v) is 12.4. The number of ether oxygens (including phenoxy) is 2. The summed E-state index contributed by atoms with van der Waals surface area (Å²) in [6.07, 6.45) is 1.57. The third kappa shape index (κ3) is 8.11. The van der Waals surface area contributed by atoms with Gasteiger partial charge in [0.25, 0.3) is 0 Å². The molecule has 172 valence electrons. The van der Waals surface area contributed by atoms with E-state index in [-0.39, 0.29) is 11.7 Å². The molecule has 0 aliphatic rings. The van der Waals surface area contributed by atoms with Gasteiger partial charge in [-0.1, -0.05) is 41.4 Å². The van der Waals surface area contributed by atoms with E-state index in [1.165, 1.54) is 17.3 Å². The van der Waals surface area contributed by atoms with Gasteiger partial charge in [-0.3, -0.25) is 4.79 Å². The largest absolute Gasteiger partial charge is 0.490 e. The number of halogens is 2. The normalized spacial score (nSPS) is 10.9. The molecule has 3 aromatic rings. The lowest BCUT2D eigenvalue weighted by Crippen LogP contribution is -2.19. The lowest BCUT2D eigenvalue weighted by Gasteiger charge is -2.14. The smallest absolute Gasteiger partial charge is 0.250 e. The van der Waals surface area contributed by atoms with Crippen molar-refractivity contribution in [1.82, 2.24) is 5.43 Å². The molecule has 3 aromatic carbocycles. The maximum absolute atomic E-state index is 12.1. The molecule has 0 spiro atoms. The molecule has 0 saturated carbocycles. The molecule has 1 N–H and O–H groups in total. The number of amides is 1. The Morgan fingerprint density at radius 3 is 2.61 bits per heavy atom. The van der Waals surface area contributed by atoms with E-state index in [0.29, 0.717) is 29.7 Å². The first-order chi connectivity index (χ1) is 15.9. The van der Waals surface area contributed by atoms with Gasteiger partial charge in [0.05, 0.1) is 18.6 Å². The fraction of sp³-hybridized carbons (Fsp3) is 0.200. The molecule has 0 bridgehead atoms. The number of hydrazone groups is 1. The molecule has 0 unspecified atom stereocenters. The van der Waals surface area contributed by atoms with E-state index in [0.717, 1.165) is 20.5 Å². The average Bonchev–Trinajstić information content (AvgIpc) is 2.79. The molecule has 0 aliphatic carbocycles. The number of aryl methyl sites for hydroxylation is 1. The van der Waals surface area contributed by atoms with Crippen LogP contribution in [0.4, 0.5) is 0 Å². The van der Waals surface area contributed by atoms with Crippen LogP contribution in [-0.4, -0.2) is 24.5 Å². The Balaban J connectivity index is 1.60. The molecule has 3 rings (SSSR count). The number of nitrogens with one attached hydrogen (secondary N) is 1. The standard InChI is InChI=1S/C25H24BrClN2O3S/c1-3-31-23-12-19(14-28-29-25(30)16-33-21-9-7-20(27)8-10-21)22(26)13-24(23)32-15-18-6-4-5-17(2)11-18/h4-14H,3,15-16H2,1-2H3,(H,29,30)/b28-14-. The summed E-state index contributed by atoms with van der Waals surface area (Å²) in [5.41, 5.74) is 5.57. The topological polar surface area (TPSA) is 59.9 Å². The van der Waals surface area contributed by atoms with E-state index >= 15 is 0 Å². The molecule has 0 radical (unpaired) electrons. The molecular weight excluding hydrogens is 524 g/mol. The zero-order chi connectivity index (χ0) is 23.6. The summed E-state index contributed by atoms with van der Waals surface area (Å²) in [6.45, 7) is 4.90. The van der Waals surface area contributed by atoms with Gasteiger partial charge in [-0.05, 0) is 71.7 Å². The first kappa shape index (κ1) is 25.1. The van der Waals surface area contributed by atoms with Crippen LogP contribution in [0.25, 0.3) is 0 Å². The minimum Gasteiger partial charge on any atom is -0.490 e. The summed E-state index contributed by atoms with van der Waals surface area (Å²) in [4.78, 5) is 13.1. The summed E-state index contributed by atoms with van der Waals surface area (Å²) in [5, 5.41) is 4.74. The number of benzene rings is 3. The Morgan fingerprint density at radius 1 is 1.12 bits per heavy atom. The van der Waals surface area contributed by atoms with Gasteiger partial charge in [-0.2, -0.15) is 5.10 Å². The lowest BCUT2D eigenvalue weighted by molar-refractivity contribution is -0.118. The molecule has 0 heterocycles. The number of rotatable bonds is 10. The van der Waals surface area contributed by atoms with Crippen molar-refractivity contribution in [3.8, 4) is 11.5 Å². The molecule has 0 saturated heterocycles. The zero-order valence-corrected chi connectivity index (χ0v) is 21.5. The van der Waals surface area contributed by atoms with E-state index in [2.05, 4.69) is 45.5 Å². The number of thioether (sulfide) groups is 1. The monoisotopic (exact) mass is 546 g/mol. The van der Waals surface area contributed by atoms with Crippen molar-refractivity contribution in [2.75, 3.05) is 12.4 Å². The second kappa shape index (κ2) is 12.7. The van der Waals surface area contributed by atoms with Crippen LogP contribution >= 0.6 is 39.3 Å². The number of carbonyl (C=O) groups excluding carboxylic acids is 1. The first-order valence-electron chi connectivity index (χ1n) is 10.3. The van der Waals surface area contributed by atoms with Crippen molar-refractivity contribution in [1.29, 1.82) is 0 Å². The van der Waals surface area contributed by atoms with Crippen LogP contribution in [0.5, 0.6) is 11.5 Å². The second-order valence-electron chi connectivity index (χ2n) is 7.07. The van der Waals surface area contributed by atoms with Gasteiger partial charge < -0.3 is 9.47 Å². The Kier molecular flexibility index (Phi) is 9.66. The molecule has 0 atom stereocenters. The Morgan fingerprint density at radius 2 is 1.88 bits per heavy atom. The maximum atomic E-state index is 12.1. The average molecular weight is 548 g/mol. The molecule has 0 aliphatic heterocycles. The van der Waals surface area contributed by atoms with Crippen LogP contribution in [-0.2, 0) is 11.4 Å². The number of hydrogen-bond acceptors (Lipinski definition) is 5. The molecule has 1 amide bonds. The van der Waals surface area contributed by atoms with Crippen molar-refractivity contribution in [3.63, 3.8) is 0 Å². The van der Waals surface area contributed by atoms with Crippen molar-refractivity contribution in [2.45, 2.75) is 25.3 Å². The summed E-state index contributed by atoms with van der Waals surface area (Å²) < 4.78 is 12.5. The predicted molar refractivity (Wildman–Crippen MR) is 139 cm³/mol. The fourth-order valence-electron chi connectivity index (χ4n) is 2.88. The van der Waals surface area contributed by atoms with Gasteiger partial charge in [0, 0.05) is 20.0 Å². The summed E-state index contributed by atoms with van der Waals surface area (Å²) in [6, 6.07) is 19.2. The number of nitrogens with zero attached hydrogens (tertiary/aromatic N) is 1. The van der Waals surface area contributed by atoms with Gasteiger partial charge in [-0.25, -0.2) is 5.43 Å². The van der Waals surface area contributed by atoms with Crippen LogP contribution in [0, 0.1) is 6.92 Å². The van der Waals surface area contributed by atoms with E-state index in [1.807, 2.05) is 43.3 Å². The van der Waals surface area contributed by atoms with E-state index in [4.69, 9.17) is 21.1 Å². The molecule has 0 fully saturated rings. The van der Waals surface area contributed by atoms with Crippen molar-refractivity contribution < 1.29 is 14.3 Å². The van der Waals surface area contributed by atoms with Gasteiger partial charge in [0.15, 0.2) is 11.5 Å². The Labute approximate surface area is 211 Å². The second-order valence-corrected chi connectivity index (χ2v) is 9.41. The van der Waals surface area contributed by atoms with Gasteiger partial charge in [0.2, 0.25) is 5.91 Å². The minimum atomic E-state index is -0.203. The minimum absolute atomic E-state index is 0.203. The van der Waals surface area contributed by atoms with Crippen LogP contribution in [0.1, 0.15) is 23.6 Å². The zero-order valence-electron chi connectivity index (χ0n) is 18.3. The van der Waals surface area contributed by atoms with E-state index in [1.54, 1.807) is 18.3 Å². The fourth-order valence-corrected chi connectivity index (χ4v) is 4.12. The summed E-state index contributed by atoms with van der Waals surface area (Å²) >= 11 is 10.8. The Bertz CT molecular complexity index is 1120. The SMILES string of the molecule is CCOc1cc(/C=N\NC(=O)CSc2ccc(Cl)cc2)c(Br)cc1OCc1cccc(C)c1. The van der Waals surface area contributed by atoms with Crippen LogP contribution < -0.4 is 14.9 Å². The summed E-state index contributed by atoms with van der Waals surface area (Å²) in [5.74, 6) is 1.28. The molecular formula is C25H24BrClN2O3S. The lowest BCUT2D eigenvalue weighted by atomic mass is 10.1. The van der Waals surface area contributed by atoms with Crippen LogP contribution in [0.15, 0.2) is 75.1 Å². The van der Waals surface area contributed by atoms with Gasteiger partial charge in [-0.15, -0.1) is 11.8 Å². The molecule has 8 heteroatoms. The third-order valence-electron chi connectivity index (χ3n) is 4.42. The molecule has 33 heavy (non-hydrogen) atoms.